The van der Waals surface area contributed by atoms with E-state index in [2.05, 4.69) is 5.32 Å². The molecule has 282 valence electrons. The van der Waals surface area contributed by atoms with Crippen LogP contribution in [0.5, 0.6) is 0 Å². The number of hydrogen-bond acceptors (Lipinski definition) is 16. The first-order valence-electron chi connectivity index (χ1n) is 16.2. The fraction of sp³-hybridized carbons (Fsp3) is 0.559. The van der Waals surface area contributed by atoms with E-state index in [-0.39, 0.29) is 32.7 Å². The van der Waals surface area contributed by atoms with Crippen molar-refractivity contribution in [1.82, 2.24) is 5.32 Å². The number of ether oxygens (including phenoxy) is 8. The van der Waals surface area contributed by atoms with E-state index in [0.717, 1.165) is 5.56 Å². The summed E-state index contributed by atoms with van der Waals surface area (Å²) in [6.45, 7) is -0.780. The van der Waals surface area contributed by atoms with Gasteiger partial charge in [-0.2, -0.15) is 0 Å². The molecule has 2 aliphatic heterocycles. The average Bonchev–Trinajstić information content (AvgIpc) is 3.14. The highest BCUT2D eigenvalue weighted by molar-refractivity contribution is 5.82. The van der Waals surface area contributed by atoms with Crippen LogP contribution in [-0.4, -0.2) is 138 Å². The maximum atomic E-state index is 13.2. The standard InChI is InChI=1S/C34H45NO16/c1-44-17-22-25(37)27(39)28(40)33(50-22)48-18-23-26(38)30(29(41)32(45-2)49-23)51-34(43)35-21(31(42)47-16-20-11-7-4-8-12-20)13-14-24(36)46-15-19-9-5-3-6-10-19/h3-12,21-23,25-30,32-33,37-41H,13-18H2,1-2H3,(H,35,43)/t21-,22?,23?,25+,26+,27-,28?,29?,30-,32-,33+/m0/s1. The van der Waals surface area contributed by atoms with Crippen molar-refractivity contribution >= 4 is 18.0 Å². The lowest BCUT2D eigenvalue weighted by Crippen LogP contribution is -2.62. The third-order valence-corrected chi connectivity index (χ3v) is 8.22. The van der Waals surface area contributed by atoms with Crippen LogP contribution in [0, 0.1) is 0 Å². The Morgan fingerprint density at radius 3 is 1.92 bits per heavy atom. The van der Waals surface area contributed by atoms with Gasteiger partial charge in [0.2, 0.25) is 0 Å². The molecule has 2 saturated heterocycles. The molecule has 2 aromatic rings. The molecule has 0 bridgehead atoms. The summed E-state index contributed by atoms with van der Waals surface area (Å²) >= 11 is 0. The second-order valence-corrected chi connectivity index (χ2v) is 11.9. The van der Waals surface area contributed by atoms with E-state index in [0.29, 0.717) is 5.56 Å². The van der Waals surface area contributed by atoms with Crippen molar-refractivity contribution in [2.24, 2.45) is 0 Å². The quantitative estimate of drug-likeness (QED) is 0.0926. The van der Waals surface area contributed by atoms with Crippen LogP contribution < -0.4 is 5.32 Å². The lowest BCUT2D eigenvalue weighted by Gasteiger charge is -2.43. The first kappa shape index (κ1) is 40.0. The molecule has 2 heterocycles. The van der Waals surface area contributed by atoms with Crippen LogP contribution in [0.1, 0.15) is 24.0 Å². The highest BCUT2D eigenvalue weighted by Crippen LogP contribution is 2.27. The summed E-state index contributed by atoms with van der Waals surface area (Å²) in [7, 11) is 2.54. The number of hydrogen-bond donors (Lipinski definition) is 6. The number of alkyl carbamates (subject to hydrolysis) is 1. The lowest BCUT2D eigenvalue weighted by atomic mass is 9.98. The molecule has 0 saturated carbocycles. The molecule has 2 aromatic carbocycles. The van der Waals surface area contributed by atoms with Crippen molar-refractivity contribution in [3.05, 3.63) is 71.8 Å². The molecule has 4 rings (SSSR count). The summed E-state index contributed by atoms with van der Waals surface area (Å²) in [5.74, 6) is -1.52. The van der Waals surface area contributed by atoms with Gasteiger partial charge in [0.25, 0.3) is 0 Å². The Morgan fingerprint density at radius 1 is 0.725 bits per heavy atom. The number of esters is 2. The van der Waals surface area contributed by atoms with E-state index in [1.807, 2.05) is 6.07 Å². The van der Waals surface area contributed by atoms with E-state index in [9.17, 15) is 39.9 Å². The van der Waals surface area contributed by atoms with Gasteiger partial charge in [-0.25, -0.2) is 9.59 Å². The van der Waals surface area contributed by atoms with E-state index in [1.165, 1.54) is 14.2 Å². The van der Waals surface area contributed by atoms with Gasteiger partial charge in [0, 0.05) is 20.6 Å². The van der Waals surface area contributed by atoms with Gasteiger partial charge >= 0.3 is 18.0 Å². The maximum Gasteiger partial charge on any atom is 0.408 e. The van der Waals surface area contributed by atoms with Crippen LogP contribution in [0.25, 0.3) is 0 Å². The van der Waals surface area contributed by atoms with Crippen molar-refractivity contribution < 1.29 is 77.8 Å². The van der Waals surface area contributed by atoms with Gasteiger partial charge in [-0.1, -0.05) is 60.7 Å². The zero-order valence-electron chi connectivity index (χ0n) is 28.1. The summed E-state index contributed by atoms with van der Waals surface area (Å²) in [5, 5.41) is 55.0. The fourth-order valence-corrected chi connectivity index (χ4v) is 5.37. The molecule has 0 spiro atoms. The number of amides is 1. The monoisotopic (exact) mass is 723 g/mol. The summed E-state index contributed by atoms with van der Waals surface area (Å²) in [5.41, 5.74) is 1.43. The zero-order valence-corrected chi connectivity index (χ0v) is 28.1. The Hall–Kier alpha value is -3.75. The topological polar surface area (TPSA) is 238 Å². The average molecular weight is 724 g/mol. The zero-order chi connectivity index (χ0) is 36.9. The molecule has 4 unspecified atom stereocenters. The number of aliphatic hydroxyl groups is 5. The highest BCUT2D eigenvalue weighted by Gasteiger charge is 2.49. The molecule has 51 heavy (non-hydrogen) atoms. The van der Waals surface area contributed by atoms with E-state index in [1.54, 1.807) is 54.6 Å². The first-order chi connectivity index (χ1) is 24.5. The molecular formula is C34H45NO16. The van der Waals surface area contributed by atoms with E-state index < -0.39 is 92.1 Å². The van der Waals surface area contributed by atoms with Gasteiger partial charge in [-0.15, -0.1) is 0 Å². The van der Waals surface area contributed by atoms with Crippen LogP contribution >= 0.6 is 0 Å². The van der Waals surface area contributed by atoms with Gasteiger partial charge < -0.3 is 68.7 Å². The largest absolute Gasteiger partial charge is 0.461 e. The SMILES string of the molecule is COCC1O[C@@H](OCC2O[C@H](OC)C(O)[C@@H](OC(=O)N[C@@H](CCC(=O)OCc3ccccc3)C(=O)OCc3ccccc3)[C@@H]2O)C(O)[C@@H](O)[C@@H]1O. The van der Waals surface area contributed by atoms with Crippen molar-refractivity contribution in [2.45, 2.75) is 93.5 Å². The van der Waals surface area contributed by atoms with Crippen molar-refractivity contribution in [1.29, 1.82) is 0 Å². The van der Waals surface area contributed by atoms with E-state index in [4.69, 9.17) is 37.9 Å². The normalized spacial score (nSPS) is 29.8. The molecular weight excluding hydrogens is 678 g/mol. The fourth-order valence-electron chi connectivity index (χ4n) is 5.37. The number of aliphatic hydroxyl groups excluding tert-OH is 5. The first-order valence-corrected chi connectivity index (χ1v) is 16.2. The summed E-state index contributed by atoms with van der Waals surface area (Å²) in [4.78, 5) is 38.8. The van der Waals surface area contributed by atoms with Crippen LogP contribution in [0.2, 0.25) is 0 Å². The van der Waals surface area contributed by atoms with Gasteiger partial charge in [-0.3, -0.25) is 4.79 Å². The minimum atomic E-state index is -1.75. The van der Waals surface area contributed by atoms with Crippen LogP contribution in [-0.2, 0) is 60.7 Å². The number of methoxy groups -OCH3 is 2. The molecule has 17 heteroatoms. The maximum absolute atomic E-state index is 13.2. The number of nitrogens with one attached hydrogen (secondary N) is 1. The Bertz CT molecular complexity index is 1370. The van der Waals surface area contributed by atoms with Gasteiger partial charge in [-0.05, 0) is 17.5 Å². The smallest absolute Gasteiger partial charge is 0.408 e. The third-order valence-electron chi connectivity index (χ3n) is 8.22. The lowest BCUT2D eigenvalue weighted by molar-refractivity contribution is -0.328. The Labute approximate surface area is 293 Å². The summed E-state index contributed by atoms with van der Waals surface area (Å²) in [6.07, 6.45) is -17.1. The van der Waals surface area contributed by atoms with Crippen LogP contribution in [0.3, 0.4) is 0 Å². The van der Waals surface area contributed by atoms with Crippen LogP contribution in [0.15, 0.2) is 60.7 Å². The van der Waals surface area contributed by atoms with Gasteiger partial charge in [0.05, 0.1) is 13.2 Å². The Morgan fingerprint density at radius 2 is 1.31 bits per heavy atom. The Balaban J connectivity index is 1.39. The minimum absolute atomic E-state index is 0.00540. The number of rotatable bonds is 16. The predicted molar refractivity (Wildman–Crippen MR) is 171 cm³/mol. The molecule has 2 fully saturated rings. The van der Waals surface area contributed by atoms with Crippen molar-refractivity contribution in [2.75, 3.05) is 27.4 Å². The van der Waals surface area contributed by atoms with Gasteiger partial charge in [0.15, 0.2) is 18.7 Å². The number of carbonyl (C=O) groups is 3. The van der Waals surface area contributed by atoms with Gasteiger partial charge in [0.1, 0.15) is 62.0 Å². The summed E-state index contributed by atoms with van der Waals surface area (Å²) in [6, 6.07) is 16.3. The molecule has 0 radical (unpaired) electrons. The number of benzene rings is 2. The molecule has 17 nitrogen and oxygen atoms in total. The van der Waals surface area contributed by atoms with Crippen LogP contribution in [0.4, 0.5) is 4.79 Å². The second kappa shape index (κ2) is 19.7. The number of carbonyl (C=O) groups excluding carboxylic acids is 3. The highest BCUT2D eigenvalue weighted by atomic mass is 16.7. The summed E-state index contributed by atoms with van der Waals surface area (Å²) < 4.78 is 42.8. The molecule has 0 aliphatic carbocycles. The van der Waals surface area contributed by atoms with Crippen molar-refractivity contribution in [3.8, 4) is 0 Å². The molecule has 6 N–H and O–H groups in total. The van der Waals surface area contributed by atoms with Crippen molar-refractivity contribution in [3.63, 3.8) is 0 Å². The third kappa shape index (κ3) is 11.4. The Kier molecular flexibility index (Phi) is 15.5. The predicted octanol–water partition coefficient (Wildman–Crippen LogP) is -0.719. The molecule has 2 aliphatic rings. The molecule has 0 aromatic heterocycles. The van der Waals surface area contributed by atoms with E-state index >= 15 is 0 Å². The molecule has 1 amide bonds. The molecule has 11 atom stereocenters. The minimum Gasteiger partial charge on any atom is -0.461 e. The second-order valence-electron chi connectivity index (χ2n) is 11.9.